The van der Waals surface area contributed by atoms with Crippen LogP contribution in [0.1, 0.15) is 32.7 Å². The smallest absolute Gasteiger partial charge is 0.262 e. The van der Waals surface area contributed by atoms with Gasteiger partial charge in [-0.15, -0.1) is 0 Å². The van der Waals surface area contributed by atoms with Crippen molar-refractivity contribution in [3.8, 4) is 0 Å². The van der Waals surface area contributed by atoms with Gasteiger partial charge in [-0.1, -0.05) is 11.6 Å². The van der Waals surface area contributed by atoms with Gasteiger partial charge in [0.1, 0.15) is 6.54 Å². The molecule has 0 saturated carbocycles. The second-order valence-electron chi connectivity index (χ2n) is 5.41. The molecule has 0 N–H and O–H groups in total. The van der Waals surface area contributed by atoms with Crippen LogP contribution in [-0.2, 0) is 9.53 Å². The highest BCUT2D eigenvalue weighted by atomic mass is 16.5. The van der Waals surface area contributed by atoms with E-state index in [2.05, 4.69) is 0 Å². The van der Waals surface area contributed by atoms with Crippen molar-refractivity contribution in [2.45, 2.75) is 13.3 Å². The number of hydrogen-bond acceptors (Lipinski definition) is 4. The number of imide groups is 1. The third-order valence-electron chi connectivity index (χ3n) is 3.69. The van der Waals surface area contributed by atoms with Gasteiger partial charge in [0.15, 0.2) is 0 Å². The Labute approximate surface area is 129 Å². The molecule has 0 aromatic heterocycles. The molecule has 118 valence electrons. The molecule has 1 aliphatic rings. The van der Waals surface area contributed by atoms with E-state index >= 15 is 0 Å². The molecule has 1 aliphatic heterocycles. The lowest BCUT2D eigenvalue weighted by molar-refractivity contribution is -0.130. The molecule has 6 heteroatoms. The highest BCUT2D eigenvalue weighted by molar-refractivity contribution is 6.22. The molecule has 0 atom stereocenters. The summed E-state index contributed by atoms with van der Waals surface area (Å²) in [5, 5.41) is 0. The summed E-state index contributed by atoms with van der Waals surface area (Å²) in [6.45, 7) is 2.71. The lowest BCUT2D eigenvalue weighted by Crippen LogP contribution is -2.41. The van der Waals surface area contributed by atoms with Gasteiger partial charge in [-0.3, -0.25) is 19.3 Å². The van der Waals surface area contributed by atoms with Crippen LogP contribution < -0.4 is 0 Å². The Bertz CT molecular complexity index is 612. The van der Waals surface area contributed by atoms with Crippen LogP contribution in [-0.4, -0.2) is 61.4 Å². The number of likely N-dealkylation sites (N-methyl/N-ethyl adjacent to an activating group) is 1. The Morgan fingerprint density at radius 3 is 2.59 bits per heavy atom. The van der Waals surface area contributed by atoms with Crippen LogP contribution in [0.4, 0.5) is 0 Å². The van der Waals surface area contributed by atoms with Crippen LogP contribution in [0.25, 0.3) is 0 Å². The summed E-state index contributed by atoms with van der Waals surface area (Å²) in [5.41, 5.74) is 1.65. The zero-order valence-electron chi connectivity index (χ0n) is 13.1. The summed E-state index contributed by atoms with van der Waals surface area (Å²) in [6.07, 6.45) is 0.708. The van der Waals surface area contributed by atoms with E-state index in [1.54, 1.807) is 32.4 Å². The molecule has 22 heavy (non-hydrogen) atoms. The number of ether oxygens (including phenoxy) is 1. The molecule has 0 spiro atoms. The van der Waals surface area contributed by atoms with Gasteiger partial charge < -0.3 is 9.64 Å². The van der Waals surface area contributed by atoms with Gasteiger partial charge in [-0.2, -0.15) is 0 Å². The first-order chi connectivity index (χ1) is 10.5. The average molecular weight is 304 g/mol. The number of amides is 3. The van der Waals surface area contributed by atoms with E-state index in [1.165, 1.54) is 4.90 Å². The first kappa shape index (κ1) is 16.2. The highest BCUT2D eigenvalue weighted by Crippen LogP contribution is 2.23. The van der Waals surface area contributed by atoms with Crippen molar-refractivity contribution in [1.82, 2.24) is 9.80 Å². The zero-order valence-corrected chi connectivity index (χ0v) is 13.1. The third-order valence-corrected chi connectivity index (χ3v) is 3.69. The fraction of sp³-hybridized carbons (Fsp3) is 0.438. The number of carbonyl (C=O) groups is 3. The van der Waals surface area contributed by atoms with Crippen molar-refractivity contribution in [1.29, 1.82) is 0 Å². The Morgan fingerprint density at radius 1 is 1.23 bits per heavy atom. The molecule has 0 unspecified atom stereocenters. The maximum Gasteiger partial charge on any atom is 0.262 e. The van der Waals surface area contributed by atoms with E-state index in [0.29, 0.717) is 30.7 Å². The van der Waals surface area contributed by atoms with Crippen molar-refractivity contribution < 1.29 is 19.1 Å². The minimum Gasteiger partial charge on any atom is -0.385 e. The number of benzene rings is 1. The predicted octanol–water partition coefficient (Wildman–Crippen LogP) is 1.09. The SMILES string of the molecule is COCCCN(C)C(=O)CN1C(=O)c2ccc(C)cc2C1=O. The van der Waals surface area contributed by atoms with Gasteiger partial charge in [0.2, 0.25) is 5.91 Å². The van der Waals surface area contributed by atoms with Crippen LogP contribution in [0.3, 0.4) is 0 Å². The average Bonchev–Trinajstić information content (AvgIpc) is 2.72. The monoisotopic (exact) mass is 304 g/mol. The standard InChI is InChI=1S/C16H20N2O4/c1-11-5-6-12-13(9-11)16(21)18(15(12)20)10-14(19)17(2)7-4-8-22-3/h5-6,9H,4,7-8,10H2,1-3H3. The topological polar surface area (TPSA) is 66.9 Å². The Morgan fingerprint density at radius 2 is 1.91 bits per heavy atom. The molecule has 0 aliphatic carbocycles. The van der Waals surface area contributed by atoms with Crippen LogP contribution in [0, 0.1) is 6.92 Å². The first-order valence-electron chi connectivity index (χ1n) is 7.15. The summed E-state index contributed by atoms with van der Waals surface area (Å²) < 4.78 is 4.94. The fourth-order valence-corrected chi connectivity index (χ4v) is 2.37. The van der Waals surface area contributed by atoms with Crippen molar-refractivity contribution in [2.24, 2.45) is 0 Å². The zero-order chi connectivity index (χ0) is 16.3. The summed E-state index contributed by atoms with van der Waals surface area (Å²) in [6, 6.07) is 5.10. The van der Waals surface area contributed by atoms with Crippen molar-refractivity contribution in [3.63, 3.8) is 0 Å². The molecule has 0 radical (unpaired) electrons. The van der Waals surface area contributed by atoms with Crippen LogP contribution >= 0.6 is 0 Å². The minimum absolute atomic E-state index is 0.227. The Balaban J connectivity index is 2.04. The van der Waals surface area contributed by atoms with Gasteiger partial charge in [-0.05, 0) is 25.5 Å². The summed E-state index contributed by atoms with van der Waals surface area (Å²) >= 11 is 0. The largest absolute Gasteiger partial charge is 0.385 e. The predicted molar refractivity (Wildman–Crippen MR) is 80.7 cm³/mol. The van der Waals surface area contributed by atoms with Crippen molar-refractivity contribution in [3.05, 3.63) is 34.9 Å². The van der Waals surface area contributed by atoms with E-state index in [9.17, 15) is 14.4 Å². The third kappa shape index (κ3) is 3.17. The van der Waals surface area contributed by atoms with E-state index < -0.39 is 11.8 Å². The van der Waals surface area contributed by atoms with Gasteiger partial charge in [0.05, 0.1) is 11.1 Å². The molecule has 1 heterocycles. The normalized spacial score (nSPS) is 13.5. The maximum absolute atomic E-state index is 12.3. The van der Waals surface area contributed by atoms with Crippen LogP contribution in [0.5, 0.6) is 0 Å². The molecule has 1 aromatic carbocycles. The molecule has 0 fully saturated rings. The molecule has 2 rings (SSSR count). The number of hydrogen-bond donors (Lipinski definition) is 0. The Hall–Kier alpha value is -2.21. The second-order valence-corrected chi connectivity index (χ2v) is 5.41. The molecule has 0 saturated heterocycles. The van der Waals surface area contributed by atoms with Gasteiger partial charge in [0, 0.05) is 27.3 Å². The number of nitrogens with zero attached hydrogens (tertiary/aromatic N) is 2. The number of aryl methyl sites for hydroxylation is 1. The van der Waals surface area contributed by atoms with Crippen LogP contribution in [0.2, 0.25) is 0 Å². The summed E-state index contributed by atoms with van der Waals surface area (Å²) in [4.78, 5) is 39.2. The van der Waals surface area contributed by atoms with Crippen molar-refractivity contribution >= 4 is 17.7 Å². The molecule has 3 amide bonds. The molecular weight excluding hydrogens is 284 g/mol. The quantitative estimate of drug-likeness (QED) is 0.583. The van der Waals surface area contributed by atoms with Gasteiger partial charge in [0.25, 0.3) is 11.8 Å². The first-order valence-corrected chi connectivity index (χ1v) is 7.15. The molecule has 0 bridgehead atoms. The van der Waals surface area contributed by atoms with E-state index in [-0.39, 0.29) is 12.5 Å². The molecular formula is C16H20N2O4. The number of carbonyl (C=O) groups excluding carboxylic acids is 3. The number of rotatable bonds is 6. The Kier molecular flexibility index (Phi) is 4.92. The van der Waals surface area contributed by atoms with E-state index in [0.717, 1.165) is 10.5 Å². The highest BCUT2D eigenvalue weighted by Gasteiger charge is 2.36. The van der Waals surface area contributed by atoms with Gasteiger partial charge in [-0.25, -0.2) is 0 Å². The maximum atomic E-state index is 12.3. The van der Waals surface area contributed by atoms with E-state index in [4.69, 9.17) is 4.74 Å². The molecule has 1 aromatic rings. The second kappa shape index (κ2) is 6.70. The summed E-state index contributed by atoms with van der Waals surface area (Å²) in [5.74, 6) is -1.07. The lowest BCUT2D eigenvalue weighted by Gasteiger charge is -2.20. The number of fused-ring (bicyclic) bond motifs is 1. The fourth-order valence-electron chi connectivity index (χ4n) is 2.37. The van der Waals surface area contributed by atoms with E-state index in [1.807, 2.05) is 6.92 Å². The summed E-state index contributed by atoms with van der Waals surface area (Å²) in [7, 11) is 3.25. The number of methoxy groups -OCH3 is 1. The van der Waals surface area contributed by atoms with Gasteiger partial charge >= 0.3 is 0 Å². The van der Waals surface area contributed by atoms with Crippen LogP contribution in [0.15, 0.2) is 18.2 Å². The molecule has 6 nitrogen and oxygen atoms in total. The van der Waals surface area contributed by atoms with Crippen molar-refractivity contribution in [2.75, 3.05) is 33.9 Å². The minimum atomic E-state index is -0.404. The lowest BCUT2D eigenvalue weighted by atomic mass is 10.1.